The van der Waals surface area contributed by atoms with E-state index in [2.05, 4.69) is 5.32 Å². The number of nitrogens with zero attached hydrogens (tertiary/aromatic N) is 2. The molecule has 112 valence electrons. The Labute approximate surface area is 122 Å². The Kier molecular flexibility index (Phi) is 3.93. The third-order valence-electron chi connectivity index (χ3n) is 3.45. The zero-order valence-electron chi connectivity index (χ0n) is 12.1. The lowest BCUT2D eigenvalue weighted by molar-refractivity contribution is -0.385. The summed E-state index contributed by atoms with van der Waals surface area (Å²) in [5.41, 5.74) is 0.990. The zero-order valence-corrected chi connectivity index (χ0v) is 12.1. The molecule has 0 bridgehead atoms. The summed E-state index contributed by atoms with van der Waals surface area (Å²) in [6.45, 7) is 5.19. The number of nitrogens with one attached hydrogen (secondary N) is 1. The number of amides is 2. The van der Waals surface area contributed by atoms with Crippen LogP contribution in [-0.2, 0) is 9.59 Å². The van der Waals surface area contributed by atoms with Gasteiger partial charge in [0, 0.05) is 23.4 Å². The molecule has 7 heteroatoms. The first-order chi connectivity index (χ1) is 9.81. The Balaban J connectivity index is 2.20. The first kappa shape index (κ1) is 15.0. The molecule has 0 radical (unpaired) electrons. The van der Waals surface area contributed by atoms with Gasteiger partial charge in [0.25, 0.3) is 11.6 Å². The van der Waals surface area contributed by atoms with Crippen LogP contribution in [0, 0.1) is 17.0 Å². The number of rotatable bonds is 4. The molecule has 1 aliphatic heterocycles. The highest BCUT2D eigenvalue weighted by atomic mass is 16.6. The lowest BCUT2D eigenvalue weighted by Crippen LogP contribution is -2.39. The van der Waals surface area contributed by atoms with Gasteiger partial charge in [0.05, 0.1) is 11.3 Å². The summed E-state index contributed by atoms with van der Waals surface area (Å²) in [5.74, 6) is -0.521. The van der Waals surface area contributed by atoms with E-state index in [0.717, 1.165) is 0 Å². The summed E-state index contributed by atoms with van der Waals surface area (Å²) in [5, 5.41) is 13.8. The van der Waals surface area contributed by atoms with Crippen LogP contribution in [0.3, 0.4) is 0 Å². The van der Waals surface area contributed by atoms with Crippen molar-refractivity contribution < 1.29 is 14.5 Å². The molecule has 0 aromatic heterocycles. The highest BCUT2D eigenvalue weighted by Crippen LogP contribution is 2.25. The van der Waals surface area contributed by atoms with E-state index in [0.29, 0.717) is 11.3 Å². The lowest BCUT2D eigenvalue weighted by Gasteiger charge is -2.19. The minimum Gasteiger partial charge on any atom is -0.373 e. The second-order valence-corrected chi connectivity index (χ2v) is 5.36. The molecular weight excluding hydrogens is 274 g/mol. The minimum atomic E-state index is -0.665. The molecule has 1 unspecified atom stereocenters. The highest BCUT2D eigenvalue weighted by molar-refractivity contribution is 6.07. The van der Waals surface area contributed by atoms with Gasteiger partial charge >= 0.3 is 0 Å². The van der Waals surface area contributed by atoms with Gasteiger partial charge in [-0.05, 0) is 26.8 Å². The predicted molar refractivity (Wildman–Crippen MR) is 76.9 cm³/mol. The summed E-state index contributed by atoms with van der Waals surface area (Å²) >= 11 is 0. The van der Waals surface area contributed by atoms with Crippen molar-refractivity contribution in [3.63, 3.8) is 0 Å². The van der Waals surface area contributed by atoms with Gasteiger partial charge in [-0.1, -0.05) is 6.07 Å². The first-order valence-corrected chi connectivity index (χ1v) is 6.68. The van der Waals surface area contributed by atoms with Crippen molar-refractivity contribution in [1.29, 1.82) is 0 Å². The lowest BCUT2D eigenvalue weighted by atomic mass is 10.1. The van der Waals surface area contributed by atoms with E-state index in [1.807, 2.05) is 0 Å². The summed E-state index contributed by atoms with van der Waals surface area (Å²) in [6, 6.07) is 3.80. The van der Waals surface area contributed by atoms with Crippen LogP contribution in [-0.4, -0.2) is 33.7 Å². The van der Waals surface area contributed by atoms with E-state index in [4.69, 9.17) is 0 Å². The fourth-order valence-corrected chi connectivity index (χ4v) is 2.40. The van der Waals surface area contributed by atoms with E-state index >= 15 is 0 Å². The molecule has 1 aliphatic rings. The second kappa shape index (κ2) is 5.51. The van der Waals surface area contributed by atoms with Crippen LogP contribution in [0.15, 0.2) is 18.2 Å². The van der Waals surface area contributed by atoms with Gasteiger partial charge in [-0.15, -0.1) is 0 Å². The number of benzene rings is 1. The number of likely N-dealkylation sites (tertiary alicyclic amines) is 1. The Morgan fingerprint density at radius 1 is 1.38 bits per heavy atom. The molecule has 1 atom stereocenters. The SMILES string of the molecule is Cc1ccc(NC2CC(=O)N(C(C)C)C2=O)cc1[N+](=O)[O-]. The van der Waals surface area contributed by atoms with Crippen LogP contribution in [0.4, 0.5) is 11.4 Å². The molecule has 0 aliphatic carbocycles. The topological polar surface area (TPSA) is 92.6 Å². The van der Waals surface area contributed by atoms with Gasteiger partial charge in [-0.3, -0.25) is 24.6 Å². The molecule has 1 fully saturated rings. The Hall–Kier alpha value is -2.44. The zero-order chi connectivity index (χ0) is 15.7. The van der Waals surface area contributed by atoms with Crippen molar-refractivity contribution in [3.05, 3.63) is 33.9 Å². The van der Waals surface area contributed by atoms with Gasteiger partial charge in [0.1, 0.15) is 6.04 Å². The fraction of sp³-hybridized carbons (Fsp3) is 0.429. The molecular formula is C14H17N3O4. The van der Waals surface area contributed by atoms with Crippen LogP contribution < -0.4 is 5.32 Å². The molecule has 1 saturated heterocycles. The molecule has 0 spiro atoms. The first-order valence-electron chi connectivity index (χ1n) is 6.68. The van der Waals surface area contributed by atoms with Gasteiger partial charge < -0.3 is 5.32 Å². The van der Waals surface area contributed by atoms with Crippen molar-refractivity contribution in [2.75, 3.05) is 5.32 Å². The summed E-state index contributed by atoms with van der Waals surface area (Å²) in [6.07, 6.45) is 0.0681. The number of nitro groups is 1. The number of imide groups is 1. The van der Waals surface area contributed by atoms with Crippen molar-refractivity contribution in [1.82, 2.24) is 4.90 Å². The maximum absolute atomic E-state index is 12.2. The molecule has 0 saturated carbocycles. The van der Waals surface area contributed by atoms with Crippen molar-refractivity contribution in [3.8, 4) is 0 Å². The van der Waals surface area contributed by atoms with E-state index in [9.17, 15) is 19.7 Å². The number of aryl methyl sites for hydroxylation is 1. The fourth-order valence-electron chi connectivity index (χ4n) is 2.40. The average Bonchev–Trinajstić information content (AvgIpc) is 2.66. The van der Waals surface area contributed by atoms with E-state index in [-0.39, 0.29) is 30.0 Å². The number of carbonyl (C=O) groups is 2. The van der Waals surface area contributed by atoms with Crippen LogP contribution in [0.2, 0.25) is 0 Å². The normalized spacial score (nSPS) is 18.5. The summed E-state index contributed by atoms with van der Waals surface area (Å²) in [4.78, 5) is 35.6. The molecule has 1 aromatic carbocycles. The Morgan fingerprint density at radius 3 is 2.57 bits per heavy atom. The third kappa shape index (κ3) is 2.86. The van der Waals surface area contributed by atoms with E-state index in [1.54, 1.807) is 32.9 Å². The maximum atomic E-state index is 12.2. The molecule has 7 nitrogen and oxygen atoms in total. The van der Waals surface area contributed by atoms with Gasteiger partial charge in [-0.2, -0.15) is 0 Å². The number of hydrogen-bond acceptors (Lipinski definition) is 5. The largest absolute Gasteiger partial charge is 0.373 e. The molecule has 1 N–H and O–H groups in total. The van der Waals surface area contributed by atoms with Crippen molar-refractivity contribution in [2.45, 2.75) is 39.3 Å². The monoisotopic (exact) mass is 291 g/mol. The number of hydrogen-bond donors (Lipinski definition) is 1. The molecule has 2 amide bonds. The minimum absolute atomic E-state index is 0.0162. The quantitative estimate of drug-likeness (QED) is 0.519. The van der Waals surface area contributed by atoms with Gasteiger partial charge in [-0.25, -0.2) is 0 Å². The second-order valence-electron chi connectivity index (χ2n) is 5.36. The van der Waals surface area contributed by atoms with Crippen molar-refractivity contribution >= 4 is 23.2 Å². The van der Waals surface area contributed by atoms with Crippen LogP contribution in [0.1, 0.15) is 25.8 Å². The Morgan fingerprint density at radius 2 is 2.05 bits per heavy atom. The molecule has 21 heavy (non-hydrogen) atoms. The smallest absolute Gasteiger partial charge is 0.274 e. The molecule has 2 rings (SSSR count). The molecule has 1 heterocycles. The summed E-state index contributed by atoms with van der Waals surface area (Å²) < 4.78 is 0. The van der Waals surface area contributed by atoms with Crippen LogP contribution in [0.5, 0.6) is 0 Å². The molecule has 1 aromatic rings. The maximum Gasteiger partial charge on any atom is 0.274 e. The van der Waals surface area contributed by atoms with E-state index < -0.39 is 11.0 Å². The summed E-state index contributed by atoms with van der Waals surface area (Å²) in [7, 11) is 0. The predicted octanol–water partition coefficient (Wildman–Crippen LogP) is 1.85. The highest BCUT2D eigenvalue weighted by Gasteiger charge is 2.39. The number of carbonyl (C=O) groups excluding carboxylic acids is 2. The van der Waals surface area contributed by atoms with E-state index in [1.165, 1.54) is 11.0 Å². The number of nitro benzene ring substituents is 1. The van der Waals surface area contributed by atoms with Crippen LogP contribution >= 0.6 is 0 Å². The van der Waals surface area contributed by atoms with Crippen molar-refractivity contribution in [2.24, 2.45) is 0 Å². The van der Waals surface area contributed by atoms with Gasteiger partial charge in [0.15, 0.2) is 0 Å². The third-order valence-corrected chi connectivity index (χ3v) is 3.45. The van der Waals surface area contributed by atoms with Gasteiger partial charge in [0.2, 0.25) is 5.91 Å². The average molecular weight is 291 g/mol. The van der Waals surface area contributed by atoms with Crippen LogP contribution in [0.25, 0.3) is 0 Å². The Bertz CT molecular complexity index is 612. The standard InChI is InChI=1S/C14H17N3O4/c1-8(2)16-13(18)7-11(14(16)19)15-10-5-4-9(3)12(6-10)17(20)21/h4-6,8,11,15H,7H2,1-3H3. The number of anilines is 1.